The second kappa shape index (κ2) is 6.39. The van der Waals surface area contributed by atoms with Crippen molar-refractivity contribution < 1.29 is 9.90 Å². The van der Waals surface area contributed by atoms with Gasteiger partial charge in [0.15, 0.2) is 0 Å². The van der Waals surface area contributed by atoms with Crippen LogP contribution in [0.4, 0.5) is 0 Å². The molecule has 1 aliphatic carbocycles. The Labute approximate surface area is 147 Å². The number of carboxylic acid groups (broad SMARTS) is 1. The lowest BCUT2D eigenvalue weighted by atomic mass is 9.81. The number of aryl methyl sites for hydroxylation is 1. The summed E-state index contributed by atoms with van der Waals surface area (Å²) in [6.07, 6.45) is 6.48. The lowest BCUT2D eigenvalue weighted by Gasteiger charge is -2.33. The molecule has 4 rings (SSSR count). The summed E-state index contributed by atoms with van der Waals surface area (Å²) in [6.45, 7) is 6.21. The third-order valence-electron chi connectivity index (χ3n) is 6.44. The van der Waals surface area contributed by atoms with E-state index in [0.29, 0.717) is 12.6 Å². The molecule has 132 valence electrons. The van der Waals surface area contributed by atoms with E-state index in [1.165, 1.54) is 37.0 Å². The lowest BCUT2D eigenvalue weighted by Crippen LogP contribution is -2.43. The van der Waals surface area contributed by atoms with Gasteiger partial charge in [-0.05, 0) is 19.8 Å². The quantitative estimate of drug-likeness (QED) is 0.905. The summed E-state index contributed by atoms with van der Waals surface area (Å²) in [5.74, 6) is -0.320. The van der Waals surface area contributed by atoms with Crippen molar-refractivity contribution in [1.82, 2.24) is 14.8 Å². The van der Waals surface area contributed by atoms with Crippen molar-refractivity contribution in [3.05, 3.63) is 16.1 Å². The Hall–Kier alpha value is -0.980. The molecule has 0 amide bonds. The van der Waals surface area contributed by atoms with Gasteiger partial charge in [0.05, 0.1) is 16.6 Å². The van der Waals surface area contributed by atoms with Gasteiger partial charge >= 0.3 is 5.97 Å². The largest absolute Gasteiger partial charge is 0.481 e. The molecule has 0 bridgehead atoms. The number of hydrogen-bond donors (Lipinski definition) is 1. The van der Waals surface area contributed by atoms with Gasteiger partial charge < -0.3 is 5.11 Å². The maximum atomic E-state index is 12.2. The number of fused-ring (bicyclic) bond motifs is 1. The Morgan fingerprint density at radius 2 is 2.12 bits per heavy atom. The molecule has 0 unspecified atom stereocenters. The van der Waals surface area contributed by atoms with Crippen molar-refractivity contribution in [2.24, 2.45) is 11.3 Å². The highest BCUT2D eigenvalue weighted by molar-refractivity contribution is 7.09. The zero-order valence-corrected chi connectivity index (χ0v) is 15.2. The minimum Gasteiger partial charge on any atom is -0.481 e. The highest BCUT2D eigenvalue weighted by Crippen LogP contribution is 2.45. The lowest BCUT2D eigenvalue weighted by molar-refractivity contribution is -0.149. The Morgan fingerprint density at radius 3 is 2.75 bits per heavy atom. The van der Waals surface area contributed by atoms with Gasteiger partial charge in [-0.2, -0.15) is 0 Å². The summed E-state index contributed by atoms with van der Waals surface area (Å²) in [5, 5.41) is 10.0. The molecule has 1 N–H and O–H groups in total. The minimum atomic E-state index is -0.589. The molecule has 2 saturated heterocycles. The molecule has 24 heavy (non-hydrogen) atoms. The third kappa shape index (κ3) is 2.78. The first-order valence-corrected chi connectivity index (χ1v) is 10.1. The summed E-state index contributed by atoms with van der Waals surface area (Å²) in [6, 6.07) is 0.623. The van der Waals surface area contributed by atoms with E-state index in [2.05, 4.69) is 14.8 Å². The predicted molar refractivity (Wildman–Crippen MR) is 94.1 cm³/mol. The Morgan fingerprint density at radius 1 is 1.33 bits per heavy atom. The van der Waals surface area contributed by atoms with Crippen LogP contribution in [-0.4, -0.2) is 58.1 Å². The van der Waals surface area contributed by atoms with Crippen LogP contribution in [-0.2, 0) is 11.3 Å². The summed E-state index contributed by atoms with van der Waals surface area (Å²) >= 11 is 1.68. The van der Waals surface area contributed by atoms with Gasteiger partial charge in [0.25, 0.3) is 0 Å². The molecular weight excluding hydrogens is 322 g/mol. The molecule has 6 heteroatoms. The van der Waals surface area contributed by atoms with Crippen LogP contribution in [0.5, 0.6) is 0 Å². The topological polar surface area (TPSA) is 56.7 Å². The van der Waals surface area contributed by atoms with Crippen LogP contribution < -0.4 is 0 Å². The molecular formula is C18H27N3O2S. The van der Waals surface area contributed by atoms with Crippen LogP contribution in [0, 0.1) is 18.3 Å². The van der Waals surface area contributed by atoms with E-state index in [4.69, 9.17) is 0 Å². The Bertz CT molecular complexity index is 613. The fourth-order valence-electron chi connectivity index (χ4n) is 5.04. The number of aromatic nitrogens is 1. The molecule has 0 aromatic carbocycles. The number of aliphatic carboxylic acids is 1. The number of rotatable bonds is 4. The van der Waals surface area contributed by atoms with Crippen molar-refractivity contribution in [1.29, 1.82) is 0 Å². The zero-order chi connectivity index (χ0) is 16.7. The van der Waals surface area contributed by atoms with Gasteiger partial charge in [-0.3, -0.25) is 14.6 Å². The first-order chi connectivity index (χ1) is 11.6. The average Bonchev–Trinajstić information content (AvgIpc) is 3.22. The Balaban J connectivity index is 1.47. The number of thiazole rings is 1. The standard InChI is InChI=1S/C18H27N3O2S/c1-13-16(24-12-19-13)9-20-7-14-8-21(15-5-3-2-4-6-15)11-18(14,10-20)17(22)23/h12,14-15H,2-11H2,1H3,(H,22,23)/t14-,18-/m0/s1. The zero-order valence-electron chi connectivity index (χ0n) is 14.4. The second-order valence-corrected chi connectivity index (χ2v) is 8.85. The molecule has 2 atom stereocenters. The van der Waals surface area contributed by atoms with E-state index in [-0.39, 0.29) is 5.92 Å². The third-order valence-corrected chi connectivity index (χ3v) is 7.35. The molecule has 3 heterocycles. The first-order valence-electron chi connectivity index (χ1n) is 9.17. The van der Waals surface area contributed by atoms with Crippen molar-refractivity contribution in [2.45, 2.75) is 51.6 Å². The van der Waals surface area contributed by atoms with Crippen LogP contribution in [0.1, 0.15) is 42.7 Å². The summed E-state index contributed by atoms with van der Waals surface area (Å²) in [5.41, 5.74) is 2.42. The van der Waals surface area contributed by atoms with E-state index in [1.54, 1.807) is 11.3 Å². The number of likely N-dealkylation sites (tertiary alicyclic amines) is 2. The fraction of sp³-hybridized carbons (Fsp3) is 0.778. The Kier molecular flexibility index (Phi) is 4.39. The summed E-state index contributed by atoms with van der Waals surface area (Å²) in [7, 11) is 0. The van der Waals surface area contributed by atoms with E-state index in [0.717, 1.165) is 31.9 Å². The second-order valence-electron chi connectivity index (χ2n) is 7.91. The smallest absolute Gasteiger partial charge is 0.312 e. The summed E-state index contributed by atoms with van der Waals surface area (Å²) < 4.78 is 0. The first kappa shape index (κ1) is 16.5. The van der Waals surface area contributed by atoms with Gasteiger partial charge in [0, 0.05) is 49.6 Å². The van der Waals surface area contributed by atoms with Gasteiger partial charge in [0.2, 0.25) is 0 Å². The molecule has 3 fully saturated rings. The van der Waals surface area contributed by atoms with Crippen LogP contribution in [0.2, 0.25) is 0 Å². The normalized spacial score (nSPS) is 32.3. The summed E-state index contributed by atoms with van der Waals surface area (Å²) in [4.78, 5) is 22.6. The molecule has 1 aromatic rings. The SMILES string of the molecule is Cc1ncsc1CN1C[C@H]2CN(C3CCCCC3)C[C@@]2(C(=O)O)C1. The van der Waals surface area contributed by atoms with E-state index in [1.807, 2.05) is 12.4 Å². The van der Waals surface area contributed by atoms with Gasteiger partial charge in [-0.25, -0.2) is 4.98 Å². The van der Waals surface area contributed by atoms with Gasteiger partial charge in [-0.15, -0.1) is 11.3 Å². The van der Waals surface area contributed by atoms with Crippen molar-refractivity contribution in [3.63, 3.8) is 0 Å². The van der Waals surface area contributed by atoms with Crippen LogP contribution in [0.25, 0.3) is 0 Å². The number of carboxylic acids is 1. The maximum absolute atomic E-state index is 12.2. The molecule has 1 saturated carbocycles. The van der Waals surface area contributed by atoms with Gasteiger partial charge in [0.1, 0.15) is 0 Å². The fourth-order valence-corrected chi connectivity index (χ4v) is 5.85. The molecule has 0 radical (unpaired) electrons. The molecule has 3 aliphatic rings. The minimum absolute atomic E-state index is 0.269. The van der Waals surface area contributed by atoms with Crippen molar-refractivity contribution in [3.8, 4) is 0 Å². The average molecular weight is 350 g/mol. The van der Waals surface area contributed by atoms with Crippen molar-refractivity contribution in [2.75, 3.05) is 26.2 Å². The number of carbonyl (C=O) groups is 1. The van der Waals surface area contributed by atoms with E-state index < -0.39 is 11.4 Å². The van der Waals surface area contributed by atoms with E-state index >= 15 is 0 Å². The molecule has 1 aromatic heterocycles. The number of hydrogen-bond acceptors (Lipinski definition) is 5. The number of nitrogens with zero attached hydrogens (tertiary/aromatic N) is 3. The van der Waals surface area contributed by atoms with Gasteiger partial charge in [-0.1, -0.05) is 19.3 Å². The molecule has 5 nitrogen and oxygen atoms in total. The predicted octanol–water partition coefficient (Wildman–Crippen LogP) is 2.60. The highest BCUT2D eigenvalue weighted by Gasteiger charge is 2.58. The van der Waals surface area contributed by atoms with Crippen LogP contribution in [0.15, 0.2) is 5.51 Å². The molecule has 0 spiro atoms. The molecule has 2 aliphatic heterocycles. The van der Waals surface area contributed by atoms with Crippen LogP contribution >= 0.6 is 11.3 Å². The van der Waals surface area contributed by atoms with Crippen LogP contribution in [0.3, 0.4) is 0 Å². The highest BCUT2D eigenvalue weighted by atomic mass is 32.1. The monoisotopic (exact) mass is 349 g/mol. The van der Waals surface area contributed by atoms with Crippen molar-refractivity contribution >= 4 is 17.3 Å². The maximum Gasteiger partial charge on any atom is 0.312 e. The van der Waals surface area contributed by atoms with E-state index in [9.17, 15) is 9.90 Å².